The van der Waals surface area contributed by atoms with E-state index in [1.54, 1.807) is 12.3 Å². The van der Waals surface area contributed by atoms with E-state index in [0.717, 1.165) is 32.5 Å². The van der Waals surface area contributed by atoms with Crippen molar-refractivity contribution in [1.82, 2.24) is 4.90 Å². The topological polar surface area (TPSA) is 29.5 Å². The number of carbonyl (C=O) groups is 1. The van der Waals surface area contributed by atoms with E-state index in [2.05, 4.69) is 11.8 Å². The summed E-state index contributed by atoms with van der Waals surface area (Å²) in [6.07, 6.45) is 5.99. The molecule has 1 fully saturated rings. The third kappa shape index (κ3) is 1.57. The van der Waals surface area contributed by atoms with Gasteiger partial charge in [0.05, 0.1) is 6.26 Å². The molecule has 2 aliphatic heterocycles. The van der Waals surface area contributed by atoms with Gasteiger partial charge in [0, 0.05) is 32.0 Å². The standard InChI is InChI=1S/C11H17NO2/c1-2-6-12-7-4-11(5-8-12)10(13)3-9-14-11/h3,9H,2,4-8H2,1H3. The average molecular weight is 195 g/mol. The predicted molar refractivity (Wildman–Crippen MR) is 53.9 cm³/mol. The first kappa shape index (κ1) is 9.71. The first-order valence-corrected chi connectivity index (χ1v) is 5.38. The fraction of sp³-hybridized carbons (Fsp3) is 0.727. The van der Waals surface area contributed by atoms with Crippen molar-refractivity contribution in [2.45, 2.75) is 31.8 Å². The molecule has 0 saturated carbocycles. The van der Waals surface area contributed by atoms with Crippen molar-refractivity contribution in [2.75, 3.05) is 19.6 Å². The number of hydrogen-bond acceptors (Lipinski definition) is 3. The molecule has 1 saturated heterocycles. The number of rotatable bonds is 2. The van der Waals surface area contributed by atoms with Crippen LogP contribution in [-0.4, -0.2) is 35.9 Å². The summed E-state index contributed by atoms with van der Waals surface area (Å²) in [7, 11) is 0. The molecule has 14 heavy (non-hydrogen) atoms. The van der Waals surface area contributed by atoms with Crippen molar-refractivity contribution in [3.8, 4) is 0 Å². The maximum atomic E-state index is 11.6. The third-order valence-electron chi connectivity index (χ3n) is 3.17. The fourth-order valence-electron chi connectivity index (χ4n) is 2.25. The van der Waals surface area contributed by atoms with Crippen LogP contribution in [0.2, 0.25) is 0 Å². The van der Waals surface area contributed by atoms with E-state index in [0.29, 0.717) is 0 Å². The molecule has 0 radical (unpaired) electrons. The Morgan fingerprint density at radius 2 is 2.21 bits per heavy atom. The molecule has 0 bridgehead atoms. The van der Waals surface area contributed by atoms with Gasteiger partial charge in [-0.3, -0.25) is 4.79 Å². The summed E-state index contributed by atoms with van der Waals surface area (Å²) in [4.78, 5) is 14.0. The van der Waals surface area contributed by atoms with E-state index in [1.807, 2.05) is 0 Å². The molecule has 0 amide bonds. The minimum atomic E-state index is -0.482. The number of ether oxygens (including phenoxy) is 1. The number of piperidine rings is 1. The van der Waals surface area contributed by atoms with Gasteiger partial charge in [0.2, 0.25) is 5.78 Å². The largest absolute Gasteiger partial charge is 0.487 e. The number of likely N-dealkylation sites (tertiary alicyclic amines) is 1. The molecule has 3 heteroatoms. The highest BCUT2D eigenvalue weighted by molar-refractivity contribution is 5.98. The molecular formula is C11H17NO2. The molecule has 78 valence electrons. The molecule has 2 aliphatic rings. The average Bonchev–Trinajstić information content (AvgIpc) is 2.53. The molecule has 0 unspecified atom stereocenters. The number of ketones is 1. The van der Waals surface area contributed by atoms with Crippen LogP contribution in [0.1, 0.15) is 26.2 Å². The molecule has 0 aromatic rings. The SMILES string of the molecule is CCCN1CCC2(CC1)OC=CC2=O. The van der Waals surface area contributed by atoms with Gasteiger partial charge in [0.25, 0.3) is 0 Å². The van der Waals surface area contributed by atoms with Crippen LogP contribution in [0, 0.1) is 0 Å². The second-order valence-corrected chi connectivity index (χ2v) is 4.12. The summed E-state index contributed by atoms with van der Waals surface area (Å²) < 4.78 is 5.46. The lowest BCUT2D eigenvalue weighted by Gasteiger charge is -2.37. The van der Waals surface area contributed by atoms with Gasteiger partial charge in [-0.25, -0.2) is 0 Å². The molecule has 1 spiro atoms. The smallest absolute Gasteiger partial charge is 0.202 e. The van der Waals surface area contributed by atoms with Gasteiger partial charge < -0.3 is 9.64 Å². The number of nitrogens with zero attached hydrogens (tertiary/aromatic N) is 1. The highest BCUT2D eigenvalue weighted by Crippen LogP contribution is 2.31. The molecule has 2 heterocycles. The van der Waals surface area contributed by atoms with E-state index < -0.39 is 5.60 Å². The molecular weight excluding hydrogens is 178 g/mol. The highest BCUT2D eigenvalue weighted by atomic mass is 16.5. The Kier molecular flexibility index (Phi) is 2.59. The Labute approximate surface area is 84.7 Å². The molecule has 3 nitrogen and oxygen atoms in total. The van der Waals surface area contributed by atoms with E-state index in [4.69, 9.17) is 4.74 Å². The van der Waals surface area contributed by atoms with E-state index in [1.165, 1.54) is 6.42 Å². The Hall–Kier alpha value is -0.830. The lowest BCUT2D eigenvalue weighted by molar-refractivity contribution is -0.133. The quantitative estimate of drug-likeness (QED) is 0.666. The van der Waals surface area contributed by atoms with Crippen molar-refractivity contribution in [1.29, 1.82) is 0 Å². The Morgan fingerprint density at radius 1 is 1.50 bits per heavy atom. The minimum Gasteiger partial charge on any atom is -0.487 e. The second-order valence-electron chi connectivity index (χ2n) is 4.12. The van der Waals surface area contributed by atoms with Crippen molar-refractivity contribution in [2.24, 2.45) is 0 Å². The summed E-state index contributed by atoms with van der Waals surface area (Å²) in [5.74, 6) is 0.161. The van der Waals surface area contributed by atoms with Gasteiger partial charge in [-0.05, 0) is 13.0 Å². The van der Waals surface area contributed by atoms with Crippen LogP contribution in [0.5, 0.6) is 0 Å². The summed E-state index contributed by atoms with van der Waals surface area (Å²) in [6.45, 7) is 5.30. The zero-order valence-electron chi connectivity index (χ0n) is 8.66. The molecule has 0 aromatic carbocycles. The third-order valence-corrected chi connectivity index (χ3v) is 3.17. The summed E-state index contributed by atoms with van der Waals surface area (Å²) in [5, 5.41) is 0. The van der Waals surface area contributed by atoms with Crippen LogP contribution in [0.15, 0.2) is 12.3 Å². The van der Waals surface area contributed by atoms with Crippen LogP contribution in [-0.2, 0) is 9.53 Å². The predicted octanol–water partition coefficient (Wildman–Crippen LogP) is 1.34. The molecule has 0 N–H and O–H groups in total. The Morgan fingerprint density at radius 3 is 2.71 bits per heavy atom. The van der Waals surface area contributed by atoms with Crippen LogP contribution in [0.25, 0.3) is 0 Å². The fourth-order valence-corrected chi connectivity index (χ4v) is 2.25. The zero-order chi connectivity index (χ0) is 10.0. The van der Waals surface area contributed by atoms with E-state index >= 15 is 0 Å². The summed E-state index contributed by atoms with van der Waals surface area (Å²) in [5.41, 5.74) is -0.482. The monoisotopic (exact) mass is 195 g/mol. The minimum absolute atomic E-state index is 0.161. The van der Waals surface area contributed by atoms with Gasteiger partial charge in [0.1, 0.15) is 0 Å². The normalized spacial score (nSPS) is 25.6. The second kappa shape index (κ2) is 3.73. The summed E-state index contributed by atoms with van der Waals surface area (Å²) >= 11 is 0. The molecule has 2 rings (SSSR count). The first-order valence-electron chi connectivity index (χ1n) is 5.38. The van der Waals surface area contributed by atoms with Gasteiger partial charge in [-0.1, -0.05) is 6.92 Å². The van der Waals surface area contributed by atoms with Crippen molar-refractivity contribution < 1.29 is 9.53 Å². The van der Waals surface area contributed by atoms with E-state index in [-0.39, 0.29) is 5.78 Å². The van der Waals surface area contributed by atoms with Crippen LogP contribution >= 0.6 is 0 Å². The number of carbonyl (C=O) groups excluding carboxylic acids is 1. The highest BCUT2D eigenvalue weighted by Gasteiger charge is 2.43. The van der Waals surface area contributed by atoms with Gasteiger partial charge >= 0.3 is 0 Å². The number of hydrogen-bond donors (Lipinski definition) is 0. The Bertz CT molecular complexity index is 252. The van der Waals surface area contributed by atoms with Gasteiger partial charge in [-0.2, -0.15) is 0 Å². The zero-order valence-corrected chi connectivity index (χ0v) is 8.66. The molecule has 0 atom stereocenters. The lowest BCUT2D eigenvalue weighted by atomic mass is 9.88. The van der Waals surface area contributed by atoms with E-state index in [9.17, 15) is 4.79 Å². The van der Waals surface area contributed by atoms with Crippen LogP contribution in [0.3, 0.4) is 0 Å². The van der Waals surface area contributed by atoms with Gasteiger partial charge in [-0.15, -0.1) is 0 Å². The summed E-state index contributed by atoms with van der Waals surface area (Å²) in [6, 6.07) is 0. The maximum absolute atomic E-state index is 11.6. The van der Waals surface area contributed by atoms with Crippen LogP contribution < -0.4 is 0 Å². The molecule has 0 aliphatic carbocycles. The van der Waals surface area contributed by atoms with Crippen molar-refractivity contribution in [3.63, 3.8) is 0 Å². The lowest BCUT2D eigenvalue weighted by Crippen LogP contribution is -2.48. The van der Waals surface area contributed by atoms with Crippen molar-refractivity contribution >= 4 is 5.78 Å². The van der Waals surface area contributed by atoms with Gasteiger partial charge in [0.15, 0.2) is 5.60 Å². The maximum Gasteiger partial charge on any atom is 0.202 e. The Balaban J connectivity index is 1.92. The van der Waals surface area contributed by atoms with Crippen LogP contribution in [0.4, 0.5) is 0 Å². The first-order chi connectivity index (χ1) is 6.77. The molecule has 0 aromatic heterocycles. The van der Waals surface area contributed by atoms with Crippen molar-refractivity contribution in [3.05, 3.63) is 12.3 Å².